The van der Waals surface area contributed by atoms with Gasteiger partial charge in [-0.15, -0.1) is 0 Å². The highest BCUT2D eigenvalue weighted by atomic mass is 19.1. The van der Waals surface area contributed by atoms with Crippen LogP contribution in [0.5, 0.6) is 5.75 Å². The van der Waals surface area contributed by atoms with Gasteiger partial charge in [-0.25, -0.2) is 19.3 Å². The molecule has 2 unspecified atom stereocenters. The van der Waals surface area contributed by atoms with Crippen LogP contribution in [0.4, 0.5) is 27.7 Å². The Kier molecular flexibility index (Phi) is 8.51. The first-order valence-corrected chi connectivity index (χ1v) is 15.5. The predicted octanol–water partition coefficient (Wildman–Crippen LogP) is 2.61. The van der Waals surface area contributed by atoms with Crippen LogP contribution in [0.3, 0.4) is 0 Å². The first-order chi connectivity index (χ1) is 22.9. The molecule has 7 rings (SSSR count). The number of nitrogens with two attached hydrogens (primary N) is 1. The zero-order valence-corrected chi connectivity index (χ0v) is 25.5. The van der Waals surface area contributed by atoms with Crippen molar-refractivity contribution in [1.82, 2.24) is 34.7 Å². The minimum absolute atomic E-state index is 0.117. The number of nitrogens with zero attached hydrogens (tertiary/aromatic N) is 8. The van der Waals surface area contributed by atoms with Gasteiger partial charge in [0.05, 0.1) is 37.6 Å². The maximum Gasteiger partial charge on any atom is 0.272 e. The summed E-state index contributed by atoms with van der Waals surface area (Å²) in [7, 11) is 0. The van der Waals surface area contributed by atoms with Gasteiger partial charge in [0.1, 0.15) is 29.9 Å². The number of piperidine rings is 1. The Balaban J connectivity index is 0.965. The molecule has 1 amide bonds. The zero-order valence-electron chi connectivity index (χ0n) is 25.5. The van der Waals surface area contributed by atoms with Gasteiger partial charge in [-0.1, -0.05) is 0 Å². The van der Waals surface area contributed by atoms with Crippen molar-refractivity contribution in [2.45, 2.75) is 24.7 Å². The molecule has 2 atom stereocenters. The number of anilines is 4. The van der Waals surface area contributed by atoms with Gasteiger partial charge in [-0.05, 0) is 42.5 Å². The summed E-state index contributed by atoms with van der Waals surface area (Å²) in [5, 5.41) is 13.1. The summed E-state index contributed by atoms with van der Waals surface area (Å²) >= 11 is 0. The first kappa shape index (κ1) is 30.3. The zero-order chi connectivity index (χ0) is 32.3. The summed E-state index contributed by atoms with van der Waals surface area (Å²) in [6, 6.07) is 15.8. The van der Waals surface area contributed by atoms with E-state index in [2.05, 4.69) is 58.2 Å². The third-order valence-electron chi connectivity index (χ3n) is 8.74. The van der Waals surface area contributed by atoms with Crippen molar-refractivity contribution in [1.29, 1.82) is 5.26 Å². The van der Waals surface area contributed by atoms with Crippen molar-refractivity contribution >= 4 is 29.2 Å². The molecule has 0 radical (unpaired) electrons. The average Bonchev–Trinajstić information content (AvgIpc) is 3.51. The van der Waals surface area contributed by atoms with Crippen LogP contribution in [-0.2, 0) is 4.74 Å². The number of hydrogen-bond acceptors (Lipinski definition) is 12. The molecular weight excluding hydrogens is 605 g/mol. The van der Waals surface area contributed by atoms with Crippen LogP contribution in [0.1, 0.15) is 22.5 Å². The number of aromatic amines is 1. The molecule has 0 spiro atoms. The van der Waals surface area contributed by atoms with Crippen molar-refractivity contribution < 1.29 is 18.7 Å². The van der Waals surface area contributed by atoms with E-state index in [1.165, 1.54) is 23.1 Å². The highest BCUT2D eigenvalue weighted by molar-refractivity contribution is 5.92. The van der Waals surface area contributed by atoms with E-state index in [-0.39, 0.29) is 48.4 Å². The summed E-state index contributed by atoms with van der Waals surface area (Å²) in [4.78, 5) is 38.5. The molecule has 0 saturated carbocycles. The number of nitriles is 1. The number of carbonyl (C=O) groups excluding carboxylic acids is 1. The number of nitrogen functional groups attached to an aromatic ring is 1. The van der Waals surface area contributed by atoms with Gasteiger partial charge in [0.25, 0.3) is 5.91 Å². The third kappa shape index (κ3) is 6.64. The number of amides is 1. The lowest BCUT2D eigenvalue weighted by Crippen LogP contribution is -2.56. The van der Waals surface area contributed by atoms with E-state index in [0.29, 0.717) is 23.4 Å². The number of benzene rings is 2. The molecule has 2 aromatic heterocycles. The Morgan fingerprint density at radius 1 is 1.09 bits per heavy atom. The predicted molar refractivity (Wildman–Crippen MR) is 171 cm³/mol. The summed E-state index contributed by atoms with van der Waals surface area (Å²) in [5.74, 6) is 0.705. The standard InChI is InChI=1S/C32H34FN11O3/c33-25-16-44(30(45)26-15-36-31(35)40-26)8-7-28(25)47-27-6-1-20(13-21(27)14-34)29-37-19-38-32(41-29)39-22-2-4-23(5-3-22)42-9-11-43(12-10-42)24-17-46-18-24/h1-6,13,15,19,24-25,28H,7-12,16-18H2,(H3,35,36,40)(H,37,38,39,41). The summed E-state index contributed by atoms with van der Waals surface area (Å²) < 4.78 is 26.4. The molecule has 3 saturated heterocycles. The van der Waals surface area contributed by atoms with Gasteiger partial charge in [0.15, 0.2) is 17.9 Å². The first-order valence-electron chi connectivity index (χ1n) is 15.5. The lowest BCUT2D eigenvalue weighted by Gasteiger charge is -2.43. The van der Waals surface area contributed by atoms with E-state index in [4.69, 9.17) is 15.2 Å². The topological polar surface area (TPSA) is 174 Å². The van der Waals surface area contributed by atoms with Crippen molar-refractivity contribution in [2.24, 2.45) is 0 Å². The molecular formula is C32H34FN11O3. The highest BCUT2D eigenvalue weighted by Crippen LogP contribution is 2.29. The van der Waals surface area contributed by atoms with E-state index in [1.807, 2.05) is 12.1 Å². The fourth-order valence-corrected chi connectivity index (χ4v) is 6.00. The maximum atomic E-state index is 15.1. The number of aromatic nitrogens is 5. The minimum Gasteiger partial charge on any atom is -0.486 e. The van der Waals surface area contributed by atoms with E-state index in [1.54, 1.807) is 18.2 Å². The van der Waals surface area contributed by atoms with Gasteiger partial charge in [0.2, 0.25) is 5.95 Å². The number of carbonyl (C=O) groups is 1. The molecule has 14 nitrogen and oxygen atoms in total. The number of alkyl halides is 1. The highest BCUT2D eigenvalue weighted by Gasteiger charge is 2.34. The number of H-pyrrole nitrogens is 1. The second-order valence-corrected chi connectivity index (χ2v) is 11.7. The van der Waals surface area contributed by atoms with Gasteiger partial charge in [-0.2, -0.15) is 10.2 Å². The van der Waals surface area contributed by atoms with Gasteiger partial charge < -0.3 is 35.3 Å². The molecule has 3 aliphatic heterocycles. The van der Waals surface area contributed by atoms with Crippen molar-refractivity contribution in [3.05, 3.63) is 66.2 Å². The Hall–Kier alpha value is -5.33. The summed E-state index contributed by atoms with van der Waals surface area (Å²) in [6.45, 7) is 5.83. The van der Waals surface area contributed by atoms with Crippen LogP contribution in [0.25, 0.3) is 11.4 Å². The number of halogens is 1. The van der Waals surface area contributed by atoms with Crippen molar-refractivity contribution in [2.75, 3.05) is 68.4 Å². The monoisotopic (exact) mass is 639 g/mol. The Labute approximate surface area is 270 Å². The van der Waals surface area contributed by atoms with Crippen LogP contribution in [0, 0.1) is 11.3 Å². The molecule has 15 heteroatoms. The molecule has 47 heavy (non-hydrogen) atoms. The SMILES string of the molecule is N#Cc1cc(-c2ncnc(Nc3ccc(N4CCN(C5COC5)CC4)cc3)n2)ccc1OC1CCN(C(=O)c2cnc(N)[nH]2)CC1F. The van der Waals surface area contributed by atoms with Gasteiger partial charge >= 0.3 is 0 Å². The van der Waals surface area contributed by atoms with E-state index in [0.717, 1.165) is 45.1 Å². The molecule has 4 aromatic rings. The number of nitrogens with one attached hydrogen (secondary N) is 2. The smallest absolute Gasteiger partial charge is 0.272 e. The van der Waals surface area contributed by atoms with Crippen LogP contribution in [-0.4, -0.2) is 111 Å². The maximum absolute atomic E-state index is 15.1. The van der Waals surface area contributed by atoms with E-state index >= 15 is 4.39 Å². The molecule has 3 fully saturated rings. The number of imidazole rings is 1. The normalized spacial score (nSPS) is 20.3. The lowest BCUT2D eigenvalue weighted by atomic mass is 10.0. The van der Waals surface area contributed by atoms with Crippen LogP contribution in [0.15, 0.2) is 55.0 Å². The molecule has 0 aliphatic carbocycles. The largest absolute Gasteiger partial charge is 0.486 e. The molecule has 242 valence electrons. The van der Waals surface area contributed by atoms with Crippen LogP contribution < -0.4 is 20.7 Å². The molecule has 4 N–H and O–H groups in total. The van der Waals surface area contributed by atoms with Crippen molar-refractivity contribution in [3.8, 4) is 23.2 Å². The third-order valence-corrected chi connectivity index (χ3v) is 8.74. The average molecular weight is 640 g/mol. The Bertz CT molecular complexity index is 1770. The van der Waals surface area contributed by atoms with Crippen molar-refractivity contribution in [3.63, 3.8) is 0 Å². The second kappa shape index (κ2) is 13.2. The Morgan fingerprint density at radius 3 is 2.57 bits per heavy atom. The number of hydrogen-bond donors (Lipinski definition) is 3. The fourth-order valence-electron chi connectivity index (χ4n) is 6.00. The summed E-state index contributed by atoms with van der Waals surface area (Å²) in [6.07, 6.45) is 0.702. The fraction of sp³-hybridized carbons (Fsp3) is 0.375. The van der Waals surface area contributed by atoms with Gasteiger partial charge in [-0.3, -0.25) is 9.69 Å². The molecule has 3 aliphatic rings. The van der Waals surface area contributed by atoms with E-state index in [9.17, 15) is 10.1 Å². The Morgan fingerprint density at radius 2 is 1.89 bits per heavy atom. The summed E-state index contributed by atoms with van der Waals surface area (Å²) in [5.41, 5.74) is 8.56. The number of piperazine rings is 1. The second-order valence-electron chi connectivity index (χ2n) is 11.7. The van der Waals surface area contributed by atoms with Crippen LogP contribution in [0.2, 0.25) is 0 Å². The van der Waals surface area contributed by atoms with Crippen LogP contribution >= 0.6 is 0 Å². The molecule has 0 bridgehead atoms. The quantitative estimate of drug-likeness (QED) is 0.258. The lowest BCUT2D eigenvalue weighted by molar-refractivity contribution is -0.0660. The van der Waals surface area contributed by atoms with E-state index < -0.39 is 12.3 Å². The van der Waals surface area contributed by atoms with Gasteiger partial charge in [0, 0.05) is 56.1 Å². The number of likely N-dealkylation sites (tertiary alicyclic amines) is 1. The number of rotatable bonds is 8. The molecule has 5 heterocycles. The number of ether oxygens (including phenoxy) is 2. The molecule has 2 aromatic carbocycles. The minimum atomic E-state index is -1.46.